The van der Waals surface area contributed by atoms with E-state index >= 15 is 0 Å². The van der Waals surface area contributed by atoms with E-state index in [1.165, 1.54) is 22.8 Å². The van der Waals surface area contributed by atoms with Gasteiger partial charge in [-0.1, -0.05) is 18.2 Å². The maximum absolute atomic E-state index is 12.4. The highest BCUT2D eigenvalue weighted by Gasteiger charge is 2.22. The van der Waals surface area contributed by atoms with Gasteiger partial charge in [0, 0.05) is 43.9 Å². The number of benzene rings is 2. The molecule has 2 amide bonds. The van der Waals surface area contributed by atoms with Crippen molar-refractivity contribution in [3.63, 3.8) is 0 Å². The monoisotopic (exact) mass is 481 g/mol. The van der Waals surface area contributed by atoms with Gasteiger partial charge in [0.05, 0.1) is 23.1 Å². The number of anilines is 1. The van der Waals surface area contributed by atoms with Crippen molar-refractivity contribution in [2.24, 2.45) is 0 Å². The number of nitro benzene ring substituents is 1. The Morgan fingerprint density at radius 3 is 2.54 bits per heavy atom. The standard InChI is InChI=1S/C24H27N5O6/c30-22(7-4-12-28-20-9-8-19(29(33)34)15-21(20)35-24(28)32)25-18-10-13-27(14-11-18)16-23(31)26-17-5-2-1-3-6-17/h1-3,5-6,8-9,15,18H,4,7,10-14,16H2,(H,25,30)(H,26,31). The average Bonchev–Trinajstić information content (AvgIpc) is 3.15. The lowest BCUT2D eigenvalue weighted by Gasteiger charge is -2.31. The van der Waals surface area contributed by atoms with Crippen LogP contribution in [0.1, 0.15) is 25.7 Å². The van der Waals surface area contributed by atoms with Crippen molar-refractivity contribution in [1.82, 2.24) is 14.8 Å². The summed E-state index contributed by atoms with van der Waals surface area (Å²) in [4.78, 5) is 49.1. The Balaban J connectivity index is 1.18. The molecule has 1 fully saturated rings. The third-order valence-electron chi connectivity index (χ3n) is 6.03. The number of carbonyl (C=O) groups is 2. The molecule has 11 heteroatoms. The molecule has 0 unspecified atom stereocenters. The molecule has 1 aromatic heterocycles. The number of likely N-dealkylation sites (tertiary alicyclic amines) is 1. The van der Waals surface area contributed by atoms with Crippen LogP contribution in [0, 0.1) is 10.1 Å². The summed E-state index contributed by atoms with van der Waals surface area (Å²) in [5.41, 5.74) is 1.23. The normalized spacial score (nSPS) is 14.6. The summed E-state index contributed by atoms with van der Waals surface area (Å²) in [6, 6.07) is 13.4. The summed E-state index contributed by atoms with van der Waals surface area (Å²) in [5.74, 6) is -0.762. The number of aryl methyl sites for hydroxylation is 1. The number of para-hydroxylation sites is 1. The molecule has 0 spiro atoms. The fourth-order valence-electron chi connectivity index (χ4n) is 4.24. The number of nitrogens with one attached hydrogen (secondary N) is 2. The van der Waals surface area contributed by atoms with Crippen LogP contribution in [-0.4, -0.2) is 51.9 Å². The number of hydrogen-bond donors (Lipinski definition) is 2. The molecule has 11 nitrogen and oxygen atoms in total. The lowest BCUT2D eigenvalue weighted by molar-refractivity contribution is -0.384. The van der Waals surface area contributed by atoms with E-state index in [1.54, 1.807) is 0 Å². The molecule has 0 radical (unpaired) electrons. The van der Waals surface area contributed by atoms with E-state index in [1.807, 2.05) is 30.3 Å². The maximum Gasteiger partial charge on any atom is 0.419 e. The molecule has 2 heterocycles. The van der Waals surface area contributed by atoms with Gasteiger partial charge in [-0.25, -0.2) is 4.79 Å². The highest BCUT2D eigenvalue weighted by molar-refractivity contribution is 5.92. The van der Waals surface area contributed by atoms with Gasteiger partial charge in [0.1, 0.15) is 0 Å². The number of aromatic nitrogens is 1. The molecule has 0 bridgehead atoms. The number of non-ortho nitro benzene ring substituents is 1. The number of piperidine rings is 1. The van der Waals surface area contributed by atoms with E-state index in [9.17, 15) is 24.5 Å². The largest absolute Gasteiger partial charge is 0.419 e. The van der Waals surface area contributed by atoms with Crippen molar-refractivity contribution in [3.8, 4) is 0 Å². The third kappa shape index (κ3) is 6.33. The minimum absolute atomic E-state index is 0.0500. The SMILES string of the molecule is O=C(CN1CCC(NC(=O)CCCn2c(=O)oc3cc([N+](=O)[O-])ccc32)CC1)Nc1ccccc1. The molecule has 1 aliphatic heterocycles. The van der Waals surface area contributed by atoms with Crippen molar-refractivity contribution < 1.29 is 18.9 Å². The first-order chi connectivity index (χ1) is 16.9. The number of oxazole rings is 1. The second kappa shape index (κ2) is 11.0. The van der Waals surface area contributed by atoms with Crippen LogP contribution in [0.25, 0.3) is 11.1 Å². The first kappa shape index (κ1) is 24.1. The highest BCUT2D eigenvalue weighted by Crippen LogP contribution is 2.20. The number of fused-ring (bicyclic) bond motifs is 1. The molecule has 0 atom stereocenters. The van der Waals surface area contributed by atoms with E-state index in [4.69, 9.17) is 4.42 Å². The number of amides is 2. The van der Waals surface area contributed by atoms with Crippen LogP contribution in [0.5, 0.6) is 0 Å². The first-order valence-electron chi connectivity index (χ1n) is 11.5. The molecule has 184 valence electrons. The van der Waals surface area contributed by atoms with Gasteiger partial charge in [0.25, 0.3) is 5.69 Å². The van der Waals surface area contributed by atoms with Crippen LogP contribution in [0.3, 0.4) is 0 Å². The zero-order valence-corrected chi connectivity index (χ0v) is 19.1. The summed E-state index contributed by atoms with van der Waals surface area (Å²) in [6.45, 7) is 2.02. The summed E-state index contributed by atoms with van der Waals surface area (Å²) in [5, 5.41) is 16.8. The zero-order valence-electron chi connectivity index (χ0n) is 19.1. The van der Waals surface area contributed by atoms with Gasteiger partial charge in [-0.3, -0.25) is 29.2 Å². The number of nitrogens with zero attached hydrogens (tertiary/aromatic N) is 3. The molecule has 2 aromatic carbocycles. The van der Waals surface area contributed by atoms with E-state index in [2.05, 4.69) is 15.5 Å². The molecule has 1 saturated heterocycles. The summed E-state index contributed by atoms with van der Waals surface area (Å²) in [7, 11) is 0. The first-order valence-corrected chi connectivity index (χ1v) is 11.5. The predicted octanol–water partition coefficient (Wildman–Crippen LogP) is 2.50. The Hall–Kier alpha value is -3.99. The maximum atomic E-state index is 12.4. The van der Waals surface area contributed by atoms with E-state index < -0.39 is 10.7 Å². The van der Waals surface area contributed by atoms with Crippen LogP contribution in [-0.2, 0) is 16.1 Å². The molecule has 1 aliphatic rings. The Morgan fingerprint density at radius 1 is 1.09 bits per heavy atom. The topological polar surface area (TPSA) is 140 Å². The second-order valence-corrected chi connectivity index (χ2v) is 8.56. The fraction of sp³-hybridized carbons (Fsp3) is 0.375. The van der Waals surface area contributed by atoms with E-state index in [-0.39, 0.29) is 42.1 Å². The van der Waals surface area contributed by atoms with Gasteiger partial charge in [0.2, 0.25) is 11.8 Å². The Kier molecular flexibility index (Phi) is 7.56. The van der Waals surface area contributed by atoms with Crippen LogP contribution in [0.4, 0.5) is 11.4 Å². The van der Waals surface area contributed by atoms with Crippen molar-refractivity contribution in [3.05, 3.63) is 69.2 Å². The molecule has 3 aromatic rings. The van der Waals surface area contributed by atoms with Crippen LogP contribution >= 0.6 is 0 Å². The van der Waals surface area contributed by atoms with Crippen molar-refractivity contribution in [1.29, 1.82) is 0 Å². The fourth-order valence-corrected chi connectivity index (χ4v) is 4.24. The number of nitro groups is 1. The van der Waals surface area contributed by atoms with Gasteiger partial charge >= 0.3 is 5.76 Å². The second-order valence-electron chi connectivity index (χ2n) is 8.56. The van der Waals surface area contributed by atoms with E-state index in [0.717, 1.165) is 31.6 Å². The quantitative estimate of drug-likeness (QED) is 0.353. The van der Waals surface area contributed by atoms with Crippen molar-refractivity contribution >= 4 is 34.3 Å². The van der Waals surface area contributed by atoms with Gasteiger partial charge in [-0.05, 0) is 37.5 Å². The van der Waals surface area contributed by atoms with Crippen LogP contribution in [0.2, 0.25) is 0 Å². The lowest BCUT2D eigenvalue weighted by Crippen LogP contribution is -2.46. The lowest BCUT2D eigenvalue weighted by atomic mass is 10.0. The molecule has 0 aliphatic carbocycles. The Labute approximate surface area is 200 Å². The van der Waals surface area contributed by atoms with Gasteiger partial charge in [0.15, 0.2) is 5.58 Å². The minimum Gasteiger partial charge on any atom is -0.407 e. The predicted molar refractivity (Wildman–Crippen MR) is 129 cm³/mol. The number of carbonyl (C=O) groups excluding carboxylic acids is 2. The van der Waals surface area contributed by atoms with Gasteiger partial charge in [-0.2, -0.15) is 0 Å². The number of rotatable bonds is 9. The minimum atomic E-state index is -0.607. The molecular formula is C24H27N5O6. The van der Waals surface area contributed by atoms with Crippen LogP contribution in [0.15, 0.2) is 57.7 Å². The summed E-state index contributed by atoms with van der Waals surface area (Å²) < 4.78 is 6.49. The highest BCUT2D eigenvalue weighted by atomic mass is 16.6. The van der Waals surface area contributed by atoms with Crippen molar-refractivity contribution in [2.75, 3.05) is 25.0 Å². The summed E-state index contributed by atoms with van der Waals surface area (Å²) in [6.07, 6.45) is 2.19. The van der Waals surface area contributed by atoms with Crippen molar-refractivity contribution in [2.45, 2.75) is 38.3 Å². The molecule has 0 saturated carbocycles. The molecular weight excluding hydrogens is 454 g/mol. The van der Waals surface area contributed by atoms with Gasteiger partial charge in [-0.15, -0.1) is 0 Å². The summed E-state index contributed by atoms with van der Waals surface area (Å²) >= 11 is 0. The Morgan fingerprint density at radius 2 is 1.83 bits per heavy atom. The smallest absolute Gasteiger partial charge is 0.407 e. The zero-order chi connectivity index (χ0) is 24.8. The average molecular weight is 482 g/mol. The molecule has 4 rings (SSSR count). The molecule has 35 heavy (non-hydrogen) atoms. The Bertz CT molecular complexity index is 1260. The van der Waals surface area contributed by atoms with Crippen LogP contribution < -0.4 is 16.4 Å². The third-order valence-corrected chi connectivity index (χ3v) is 6.03. The van der Waals surface area contributed by atoms with Gasteiger partial charge < -0.3 is 15.1 Å². The van der Waals surface area contributed by atoms with E-state index in [0.29, 0.717) is 18.5 Å². The number of hydrogen-bond acceptors (Lipinski definition) is 7. The molecule has 2 N–H and O–H groups in total.